The molecule has 1 atom stereocenters. The molecule has 2 aromatic rings. The average Bonchev–Trinajstić information content (AvgIpc) is 2.70. The lowest BCUT2D eigenvalue weighted by Crippen LogP contribution is -2.45. The van der Waals surface area contributed by atoms with Crippen LogP contribution in [0.2, 0.25) is 0 Å². The van der Waals surface area contributed by atoms with Crippen LogP contribution in [-0.4, -0.2) is 46.9 Å². The Labute approximate surface area is 183 Å². The molecule has 0 saturated heterocycles. The summed E-state index contributed by atoms with van der Waals surface area (Å²) >= 11 is 0. The zero-order valence-electron chi connectivity index (χ0n) is 18.3. The van der Waals surface area contributed by atoms with E-state index in [1.807, 2.05) is 38.1 Å². The lowest BCUT2D eigenvalue weighted by atomic mass is 9.89. The number of para-hydroxylation sites is 1. The normalized spacial score (nSPS) is 17.1. The Kier molecular flexibility index (Phi) is 6.35. The molecule has 1 heterocycles. The van der Waals surface area contributed by atoms with Gasteiger partial charge in [-0.3, -0.25) is 9.10 Å². The van der Waals surface area contributed by atoms with Gasteiger partial charge < -0.3 is 19.5 Å². The number of nitrogens with one attached hydrogen (secondary N) is 1. The third kappa shape index (κ3) is 5.22. The third-order valence-corrected chi connectivity index (χ3v) is 6.18. The van der Waals surface area contributed by atoms with Gasteiger partial charge in [0.05, 0.1) is 32.2 Å². The van der Waals surface area contributed by atoms with Gasteiger partial charge in [0.25, 0.3) is 0 Å². The number of nitrogens with zero attached hydrogens (tertiary/aromatic N) is 1. The van der Waals surface area contributed by atoms with E-state index >= 15 is 0 Å². The van der Waals surface area contributed by atoms with Crippen molar-refractivity contribution in [3.05, 3.63) is 48.0 Å². The monoisotopic (exact) mass is 448 g/mol. The van der Waals surface area contributed by atoms with E-state index in [0.717, 1.165) is 16.1 Å². The van der Waals surface area contributed by atoms with E-state index in [4.69, 9.17) is 14.2 Å². The molecule has 168 valence electrons. The number of anilines is 1. The van der Waals surface area contributed by atoms with Gasteiger partial charge >= 0.3 is 0 Å². The minimum atomic E-state index is -3.76. The maximum Gasteiger partial charge on any atom is 0.241 e. The molecule has 1 N–H and O–H groups in total. The van der Waals surface area contributed by atoms with Crippen molar-refractivity contribution in [1.82, 2.24) is 5.32 Å². The van der Waals surface area contributed by atoms with Crippen LogP contribution in [0.1, 0.15) is 31.9 Å². The first-order chi connectivity index (χ1) is 14.5. The van der Waals surface area contributed by atoms with Crippen LogP contribution >= 0.6 is 0 Å². The highest BCUT2D eigenvalue weighted by Gasteiger charge is 2.35. The molecule has 0 spiro atoms. The van der Waals surface area contributed by atoms with Crippen molar-refractivity contribution in [1.29, 1.82) is 0 Å². The molecule has 0 radical (unpaired) electrons. The lowest BCUT2D eigenvalue weighted by Gasteiger charge is -2.38. The van der Waals surface area contributed by atoms with Crippen LogP contribution in [0.25, 0.3) is 0 Å². The summed E-state index contributed by atoms with van der Waals surface area (Å²) in [6.07, 6.45) is 1.61. The summed E-state index contributed by atoms with van der Waals surface area (Å²) in [5.74, 6) is 1.08. The molecule has 1 aliphatic heterocycles. The minimum absolute atomic E-state index is 0.258. The number of hydrogen-bond acceptors (Lipinski definition) is 6. The first-order valence-corrected chi connectivity index (χ1v) is 11.7. The summed E-state index contributed by atoms with van der Waals surface area (Å²) in [7, 11) is -0.829. The number of carbonyl (C=O) groups is 1. The summed E-state index contributed by atoms with van der Waals surface area (Å²) < 4.78 is 42.6. The van der Waals surface area contributed by atoms with Gasteiger partial charge in [-0.25, -0.2) is 8.42 Å². The van der Waals surface area contributed by atoms with E-state index in [1.165, 1.54) is 14.2 Å². The molecule has 3 rings (SSSR count). The second-order valence-electron chi connectivity index (χ2n) is 8.03. The maximum atomic E-state index is 13.0. The van der Waals surface area contributed by atoms with Gasteiger partial charge in [-0.05, 0) is 32.0 Å². The van der Waals surface area contributed by atoms with Gasteiger partial charge in [-0.2, -0.15) is 0 Å². The Bertz CT molecular complexity index is 1070. The van der Waals surface area contributed by atoms with Crippen LogP contribution in [0, 0.1) is 0 Å². The Morgan fingerprint density at radius 1 is 1.19 bits per heavy atom. The number of benzene rings is 2. The number of hydrogen-bond donors (Lipinski definition) is 1. The van der Waals surface area contributed by atoms with Crippen molar-refractivity contribution in [2.24, 2.45) is 0 Å². The molecule has 0 unspecified atom stereocenters. The molecule has 2 aromatic carbocycles. The zero-order chi connectivity index (χ0) is 22.8. The van der Waals surface area contributed by atoms with Crippen LogP contribution in [0.4, 0.5) is 5.69 Å². The standard InChI is InChI=1S/C22H28N2O6S/c1-22(2)13-17(16-8-6-7-9-19(16)30-22)23-21(25)14-24(31(5,26)27)18-11-10-15(28-3)12-20(18)29-4/h6-12,17H,13-14H2,1-5H3,(H,23,25)/t17-/m0/s1. The first kappa shape index (κ1) is 22.7. The van der Waals surface area contributed by atoms with Crippen LogP contribution in [0.5, 0.6) is 17.2 Å². The fraction of sp³-hybridized carbons (Fsp3) is 0.409. The molecule has 0 fully saturated rings. The number of sulfonamides is 1. The van der Waals surface area contributed by atoms with Gasteiger partial charge in [0, 0.05) is 18.1 Å². The number of ether oxygens (including phenoxy) is 3. The second-order valence-corrected chi connectivity index (χ2v) is 9.94. The van der Waals surface area contributed by atoms with Gasteiger partial charge in [-0.1, -0.05) is 18.2 Å². The average molecular weight is 449 g/mol. The molecule has 9 heteroatoms. The number of fused-ring (bicyclic) bond motifs is 1. The molecule has 8 nitrogen and oxygen atoms in total. The van der Waals surface area contributed by atoms with E-state index < -0.39 is 21.5 Å². The summed E-state index contributed by atoms with van der Waals surface area (Å²) in [6, 6.07) is 12.0. The van der Waals surface area contributed by atoms with E-state index in [9.17, 15) is 13.2 Å². The Morgan fingerprint density at radius 3 is 2.55 bits per heavy atom. The van der Waals surface area contributed by atoms with E-state index in [1.54, 1.807) is 18.2 Å². The van der Waals surface area contributed by atoms with Crippen molar-refractivity contribution in [2.75, 3.05) is 31.3 Å². The summed E-state index contributed by atoms with van der Waals surface area (Å²) in [6.45, 7) is 3.52. The predicted molar refractivity (Wildman–Crippen MR) is 118 cm³/mol. The largest absolute Gasteiger partial charge is 0.497 e. The van der Waals surface area contributed by atoms with E-state index in [0.29, 0.717) is 17.9 Å². The quantitative estimate of drug-likeness (QED) is 0.700. The Morgan fingerprint density at radius 2 is 1.90 bits per heavy atom. The summed E-state index contributed by atoms with van der Waals surface area (Å²) in [4.78, 5) is 13.0. The molecule has 0 aromatic heterocycles. The van der Waals surface area contributed by atoms with Crippen molar-refractivity contribution < 1.29 is 27.4 Å². The van der Waals surface area contributed by atoms with Crippen LogP contribution in [0.15, 0.2) is 42.5 Å². The summed E-state index contributed by atoms with van der Waals surface area (Å²) in [5, 5.41) is 2.97. The second kappa shape index (κ2) is 8.66. The molecular formula is C22H28N2O6S. The molecule has 0 aliphatic carbocycles. The van der Waals surface area contributed by atoms with Gasteiger partial charge in [0.15, 0.2) is 0 Å². The highest BCUT2D eigenvalue weighted by molar-refractivity contribution is 7.92. The molecule has 0 saturated carbocycles. The van der Waals surface area contributed by atoms with Crippen LogP contribution in [-0.2, 0) is 14.8 Å². The minimum Gasteiger partial charge on any atom is -0.497 e. The molecular weight excluding hydrogens is 420 g/mol. The molecule has 1 aliphatic rings. The summed E-state index contributed by atoms with van der Waals surface area (Å²) in [5.41, 5.74) is 0.652. The molecule has 31 heavy (non-hydrogen) atoms. The van der Waals surface area contributed by atoms with Gasteiger partial charge in [0.1, 0.15) is 29.4 Å². The number of rotatable bonds is 7. The Hall–Kier alpha value is -2.94. The number of amides is 1. The van der Waals surface area contributed by atoms with Gasteiger partial charge in [-0.15, -0.1) is 0 Å². The van der Waals surface area contributed by atoms with Crippen molar-refractivity contribution in [3.63, 3.8) is 0 Å². The highest BCUT2D eigenvalue weighted by atomic mass is 32.2. The van der Waals surface area contributed by atoms with E-state index in [2.05, 4.69) is 5.32 Å². The third-order valence-electron chi connectivity index (χ3n) is 5.05. The smallest absolute Gasteiger partial charge is 0.241 e. The van der Waals surface area contributed by atoms with Gasteiger partial charge in [0.2, 0.25) is 15.9 Å². The topological polar surface area (TPSA) is 94.2 Å². The van der Waals surface area contributed by atoms with Crippen molar-refractivity contribution in [3.8, 4) is 17.2 Å². The van der Waals surface area contributed by atoms with Crippen molar-refractivity contribution in [2.45, 2.75) is 31.9 Å². The zero-order valence-corrected chi connectivity index (χ0v) is 19.2. The Balaban J connectivity index is 1.87. The first-order valence-electron chi connectivity index (χ1n) is 9.81. The van der Waals surface area contributed by atoms with Crippen LogP contribution in [0.3, 0.4) is 0 Å². The number of carbonyl (C=O) groups excluding carboxylic acids is 1. The lowest BCUT2D eigenvalue weighted by molar-refractivity contribution is -0.120. The molecule has 0 bridgehead atoms. The fourth-order valence-electron chi connectivity index (χ4n) is 3.67. The van der Waals surface area contributed by atoms with E-state index in [-0.39, 0.29) is 24.0 Å². The van der Waals surface area contributed by atoms with Crippen molar-refractivity contribution >= 4 is 21.6 Å². The molecule has 1 amide bonds. The predicted octanol–water partition coefficient (Wildman–Crippen LogP) is 2.89. The highest BCUT2D eigenvalue weighted by Crippen LogP contribution is 2.39. The maximum absolute atomic E-state index is 13.0. The number of methoxy groups -OCH3 is 2. The SMILES string of the molecule is COc1ccc(N(CC(=O)N[C@H]2CC(C)(C)Oc3ccccc32)S(C)(=O)=O)c(OC)c1. The van der Waals surface area contributed by atoms with Crippen LogP contribution < -0.4 is 23.8 Å². The fourth-order valence-corrected chi connectivity index (χ4v) is 4.53.